The molecular weight excluding hydrogens is 234 g/mol. The minimum absolute atomic E-state index is 0.00781. The zero-order chi connectivity index (χ0) is 13.0. The van der Waals surface area contributed by atoms with Gasteiger partial charge >= 0.3 is 5.97 Å². The van der Waals surface area contributed by atoms with Crippen LogP contribution in [0.5, 0.6) is 0 Å². The molecule has 3 N–H and O–H groups in total. The molecule has 0 bridgehead atoms. The number of hydrogen-bond acceptors (Lipinski definition) is 3. The molecule has 1 aliphatic rings. The quantitative estimate of drug-likeness (QED) is 0.741. The standard InChI is InChI=1S/C12H17N3O3/c16-11(14-6-10-5-13-7-15-10)8-1-3-9(4-2-8)12(17)18/h5,7-9H,1-4,6H2,(H,13,15)(H,14,16)(H,17,18). The first-order chi connectivity index (χ1) is 8.66. The van der Waals surface area contributed by atoms with E-state index >= 15 is 0 Å². The van der Waals surface area contributed by atoms with Gasteiger partial charge in [0.25, 0.3) is 0 Å². The fraction of sp³-hybridized carbons (Fsp3) is 0.583. The Hall–Kier alpha value is -1.85. The van der Waals surface area contributed by atoms with Crippen molar-refractivity contribution < 1.29 is 14.7 Å². The van der Waals surface area contributed by atoms with E-state index in [4.69, 9.17) is 5.11 Å². The van der Waals surface area contributed by atoms with Gasteiger partial charge in [-0.05, 0) is 25.7 Å². The summed E-state index contributed by atoms with van der Waals surface area (Å²) in [7, 11) is 0. The molecule has 18 heavy (non-hydrogen) atoms. The summed E-state index contributed by atoms with van der Waals surface area (Å²) < 4.78 is 0. The number of amides is 1. The highest BCUT2D eigenvalue weighted by Crippen LogP contribution is 2.28. The molecule has 0 atom stereocenters. The number of carboxylic acids is 1. The van der Waals surface area contributed by atoms with Crippen LogP contribution in [0.4, 0.5) is 0 Å². The van der Waals surface area contributed by atoms with Crippen LogP contribution in [-0.4, -0.2) is 27.0 Å². The van der Waals surface area contributed by atoms with Gasteiger partial charge in [0.2, 0.25) is 5.91 Å². The average molecular weight is 251 g/mol. The van der Waals surface area contributed by atoms with Crippen LogP contribution < -0.4 is 5.32 Å². The van der Waals surface area contributed by atoms with Crippen LogP contribution in [0.15, 0.2) is 12.5 Å². The molecular formula is C12H17N3O3. The van der Waals surface area contributed by atoms with Crippen LogP contribution in [-0.2, 0) is 16.1 Å². The van der Waals surface area contributed by atoms with Crippen LogP contribution in [0.2, 0.25) is 0 Å². The lowest BCUT2D eigenvalue weighted by molar-refractivity contribution is -0.144. The smallest absolute Gasteiger partial charge is 0.306 e. The second-order valence-corrected chi connectivity index (χ2v) is 4.68. The predicted molar refractivity (Wildman–Crippen MR) is 63.5 cm³/mol. The topological polar surface area (TPSA) is 95.1 Å². The van der Waals surface area contributed by atoms with Gasteiger partial charge < -0.3 is 15.4 Å². The molecule has 1 saturated carbocycles. The highest BCUT2D eigenvalue weighted by molar-refractivity contribution is 5.79. The molecule has 6 heteroatoms. The SMILES string of the molecule is O=C(O)C1CCC(C(=O)NCc2cnc[nH]2)CC1. The van der Waals surface area contributed by atoms with E-state index in [9.17, 15) is 9.59 Å². The van der Waals surface area contributed by atoms with Crippen molar-refractivity contribution in [3.05, 3.63) is 18.2 Å². The normalized spacial score (nSPS) is 23.6. The van der Waals surface area contributed by atoms with Crippen LogP contribution in [0.1, 0.15) is 31.4 Å². The summed E-state index contributed by atoms with van der Waals surface area (Å²) in [5, 5.41) is 11.7. The third-order valence-corrected chi connectivity index (χ3v) is 3.46. The molecule has 1 aromatic rings. The number of aromatic amines is 1. The van der Waals surface area contributed by atoms with Gasteiger partial charge in [-0.3, -0.25) is 9.59 Å². The molecule has 0 radical (unpaired) electrons. The van der Waals surface area contributed by atoms with Crippen molar-refractivity contribution in [3.63, 3.8) is 0 Å². The first-order valence-electron chi connectivity index (χ1n) is 6.14. The maximum atomic E-state index is 11.9. The summed E-state index contributed by atoms with van der Waals surface area (Å²) in [5.41, 5.74) is 0.863. The Kier molecular flexibility index (Phi) is 3.96. The molecule has 1 fully saturated rings. The van der Waals surface area contributed by atoms with Crippen LogP contribution in [0.3, 0.4) is 0 Å². The molecule has 1 amide bonds. The van der Waals surface area contributed by atoms with Gasteiger partial charge in [-0.2, -0.15) is 0 Å². The number of rotatable bonds is 4. The van der Waals surface area contributed by atoms with Crippen molar-refractivity contribution in [1.29, 1.82) is 0 Å². The first kappa shape index (κ1) is 12.6. The van der Waals surface area contributed by atoms with Crippen molar-refractivity contribution >= 4 is 11.9 Å². The third-order valence-electron chi connectivity index (χ3n) is 3.46. The molecule has 1 heterocycles. The van der Waals surface area contributed by atoms with E-state index in [-0.39, 0.29) is 17.7 Å². The van der Waals surface area contributed by atoms with E-state index in [1.54, 1.807) is 12.5 Å². The first-order valence-corrected chi connectivity index (χ1v) is 6.14. The van der Waals surface area contributed by atoms with E-state index in [2.05, 4.69) is 15.3 Å². The number of hydrogen-bond donors (Lipinski definition) is 3. The number of carbonyl (C=O) groups is 2. The van der Waals surface area contributed by atoms with Gasteiger partial charge in [-0.25, -0.2) is 4.98 Å². The Morgan fingerprint density at radius 2 is 2.00 bits per heavy atom. The number of carbonyl (C=O) groups excluding carboxylic acids is 1. The van der Waals surface area contributed by atoms with Gasteiger partial charge in [-0.1, -0.05) is 0 Å². The number of nitrogens with one attached hydrogen (secondary N) is 2. The van der Waals surface area contributed by atoms with E-state index in [0.717, 1.165) is 5.69 Å². The zero-order valence-corrected chi connectivity index (χ0v) is 10.1. The molecule has 0 spiro atoms. The second-order valence-electron chi connectivity index (χ2n) is 4.68. The zero-order valence-electron chi connectivity index (χ0n) is 10.1. The van der Waals surface area contributed by atoms with Crippen LogP contribution in [0, 0.1) is 11.8 Å². The molecule has 0 aromatic carbocycles. The lowest BCUT2D eigenvalue weighted by atomic mass is 9.81. The molecule has 1 aliphatic carbocycles. The lowest BCUT2D eigenvalue weighted by Gasteiger charge is -2.25. The van der Waals surface area contributed by atoms with Gasteiger partial charge in [0.05, 0.1) is 24.5 Å². The van der Waals surface area contributed by atoms with Gasteiger partial charge in [0.15, 0.2) is 0 Å². The molecule has 0 saturated heterocycles. The Bertz CT molecular complexity index is 408. The summed E-state index contributed by atoms with van der Waals surface area (Å²) in [4.78, 5) is 29.5. The monoisotopic (exact) mass is 251 g/mol. The second kappa shape index (κ2) is 5.66. The summed E-state index contributed by atoms with van der Waals surface area (Å²) in [6.45, 7) is 0.442. The molecule has 6 nitrogen and oxygen atoms in total. The number of H-pyrrole nitrogens is 1. The predicted octanol–water partition coefficient (Wildman–Crippen LogP) is 0.917. The Balaban J connectivity index is 1.75. The van der Waals surface area contributed by atoms with Crippen LogP contribution >= 0.6 is 0 Å². The number of nitrogens with zero attached hydrogens (tertiary/aromatic N) is 1. The van der Waals surface area contributed by atoms with Crippen LogP contribution in [0.25, 0.3) is 0 Å². The molecule has 2 rings (SSSR count). The molecule has 98 valence electrons. The minimum Gasteiger partial charge on any atom is -0.481 e. The number of imidazole rings is 1. The summed E-state index contributed by atoms with van der Waals surface area (Å²) in [5.74, 6) is -1.06. The van der Waals surface area contributed by atoms with Crippen molar-refractivity contribution in [3.8, 4) is 0 Å². The number of aliphatic carboxylic acids is 1. The van der Waals surface area contributed by atoms with Crippen molar-refractivity contribution in [1.82, 2.24) is 15.3 Å². The van der Waals surface area contributed by atoms with Gasteiger partial charge in [-0.15, -0.1) is 0 Å². The lowest BCUT2D eigenvalue weighted by Crippen LogP contribution is -2.34. The van der Waals surface area contributed by atoms with Gasteiger partial charge in [0, 0.05) is 12.1 Å². The molecule has 1 aromatic heterocycles. The summed E-state index contributed by atoms with van der Waals surface area (Å²) >= 11 is 0. The van der Waals surface area contributed by atoms with Gasteiger partial charge in [0.1, 0.15) is 0 Å². The van der Waals surface area contributed by atoms with E-state index in [1.807, 2.05) is 0 Å². The minimum atomic E-state index is -0.744. The third kappa shape index (κ3) is 3.09. The summed E-state index contributed by atoms with van der Waals surface area (Å²) in [6.07, 6.45) is 5.74. The fourth-order valence-corrected chi connectivity index (χ4v) is 2.31. The number of aromatic nitrogens is 2. The maximum absolute atomic E-state index is 11.9. The van der Waals surface area contributed by atoms with Crippen molar-refractivity contribution in [2.24, 2.45) is 11.8 Å². The molecule has 0 unspecified atom stereocenters. The highest BCUT2D eigenvalue weighted by atomic mass is 16.4. The summed E-state index contributed by atoms with van der Waals surface area (Å²) in [6, 6.07) is 0. The largest absolute Gasteiger partial charge is 0.481 e. The number of carboxylic acid groups (broad SMARTS) is 1. The average Bonchev–Trinajstić information content (AvgIpc) is 2.89. The Morgan fingerprint density at radius 3 is 2.56 bits per heavy atom. The van der Waals surface area contributed by atoms with E-state index in [0.29, 0.717) is 32.2 Å². The highest BCUT2D eigenvalue weighted by Gasteiger charge is 2.29. The fourth-order valence-electron chi connectivity index (χ4n) is 2.31. The van der Waals surface area contributed by atoms with E-state index in [1.165, 1.54) is 0 Å². The van der Waals surface area contributed by atoms with Crippen molar-refractivity contribution in [2.75, 3.05) is 0 Å². The Morgan fingerprint density at radius 1 is 1.33 bits per heavy atom. The van der Waals surface area contributed by atoms with Crippen molar-refractivity contribution in [2.45, 2.75) is 32.2 Å². The van der Waals surface area contributed by atoms with E-state index < -0.39 is 5.97 Å². The Labute approximate surface area is 105 Å². The maximum Gasteiger partial charge on any atom is 0.306 e. The molecule has 0 aliphatic heterocycles.